The maximum atomic E-state index is 10.1. The van der Waals surface area contributed by atoms with Gasteiger partial charge in [0.25, 0.3) is 0 Å². The van der Waals surface area contributed by atoms with E-state index in [1.807, 2.05) is 6.92 Å². The van der Waals surface area contributed by atoms with Crippen molar-refractivity contribution in [3.8, 4) is 0 Å². The summed E-state index contributed by atoms with van der Waals surface area (Å²) in [6.07, 6.45) is 3.33. The van der Waals surface area contributed by atoms with Crippen molar-refractivity contribution in [2.45, 2.75) is 32.2 Å². The second-order valence-electron chi connectivity index (χ2n) is 7.47. The summed E-state index contributed by atoms with van der Waals surface area (Å²) < 4.78 is 0. The molecule has 0 aliphatic carbocycles. The number of hydrogen-bond acceptors (Lipinski definition) is 5. The number of likely N-dealkylation sites (N-methyl/N-ethyl adjacent to an activating group) is 1. The van der Waals surface area contributed by atoms with E-state index < -0.39 is 0 Å². The first kappa shape index (κ1) is 15.8. The molecule has 5 heteroatoms. The zero-order chi connectivity index (χ0) is 16.7. The minimum atomic E-state index is 0.0530. The summed E-state index contributed by atoms with van der Waals surface area (Å²) in [6, 6.07) is 8.78. The molecule has 2 aliphatic rings. The molecule has 24 heavy (non-hydrogen) atoms. The molecular formula is C19H26N4O. The highest BCUT2D eigenvalue weighted by atomic mass is 16.3. The molecule has 3 heterocycles. The molecule has 1 aromatic heterocycles. The fraction of sp³-hybridized carbons (Fsp3) is 0.579. The minimum Gasteiger partial charge on any atom is -0.396 e. The van der Waals surface area contributed by atoms with E-state index in [4.69, 9.17) is 0 Å². The van der Waals surface area contributed by atoms with Gasteiger partial charge in [-0.15, -0.1) is 5.10 Å². The van der Waals surface area contributed by atoms with Crippen molar-refractivity contribution in [1.29, 1.82) is 0 Å². The van der Waals surface area contributed by atoms with Crippen LogP contribution < -0.4 is 4.90 Å². The molecule has 2 saturated heterocycles. The van der Waals surface area contributed by atoms with Crippen molar-refractivity contribution in [3.63, 3.8) is 0 Å². The summed E-state index contributed by atoms with van der Waals surface area (Å²) in [5.41, 5.74) is 1.03. The predicted octanol–water partition coefficient (Wildman–Crippen LogP) is 2.22. The first-order valence-electron chi connectivity index (χ1n) is 8.93. The molecule has 1 aromatic carbocycles. The maximum Gasteiger partial charge on any atom is 0.159 e. The molecule has 0 spiro atoms. The Hall–Kier alpha value is -1.72. The number of aromatic nitrogens is 2. The van der Waals surface area contributed by atoms with Crippen molar-refractivity contribution in [1.82, 2.24) is 15.1 Å². The van der Waals surface area contributed by atoms with E-state index in [0.29, 0.717) is 6.04 Å². The van der Waals surface area contributed by atoms with Gasteiger partial charge in [0.15, 0.2) is 5.82 Å². The highest BCUT2D eigenvalue weighted by Gasteiger charge is 2.46. The number of nitrogens with zero attached hydrogens (tertiary/aromatic N) is 4. The van der Waals surface area contributed by atoms with Gasteiger partial charge in [-0.05, 0) is 39.8 Å². The topological polar surface area (TPSA) is 52.5 Å². The second kappa shape index (κ2) is 5.97. The summed E-state index contributed by atoms with van der Waals surface area (Å²) in [5.74, 6) is 0.988. The largest absolute Gasteiger partial charge is 0.396 e. The van der Waals surface area contributed by atoms with Crippen LogP contribution in [0.1, 0.15) is 25.0 Å². The number of anilines is 1. The first-order chi connectivity index (χ1) is 11.6. The monoisotopic (exact) mass is 326 g/mol. The SMILES string of the molecule is Cc1nnc(N2CC[C@@]3(CO)CCCN(C)[C@@H]3C2)c2ccccc12. The number of hydrogen-bond donors (Lipinski definition) is 1. The van der Waals surface area contributed by atoms with E-state index in [1.54, 1.807) is 0 Å². The molecule has 4 rings (SSSR count). The van der Waals surface area contributed by atoms with E-state index in [-0.39, 0.29) is 12.0 Å². The smallest absolute Gasteiger partial charge is 0.159 e. The maximum absolute atomic E-state index is 10.1. The Morgan fingerprint density at radius 1 is 1.17 bits per heavy atom. The van der Waals surface area contributed by atoms with Gasteiger partial charge in [-0.2, -0.15) is 5.10 Å². The Morgan fingerprint density at radius 3 is 2.75 bits per heavy atom. The third-order valence-corrected chi connectivity index (χ3v) is 6.16. The van der Waals surface area contributed by atoms with E-state index in [0.717, 1.165) is 44.0 Å². The van der Waals surface area contributed by atoms with E-state index >= 15 is 0 Å². The molecule has 0 saturated carbocycles. The summed E-state index contributed by atoms with van der Waals surface area (Å²) in [4.78, 5) is 4.80. The number of aryl methyl sites for hydroxylation is 1. The van der Waals surface area contributed by atoms with E-state index in [1.165, 1.54) is 17.2 Å². The van der Waals surface area contributed by atoms with Gasteiger partial charge in [0.2, 0.25) is 0 Å². The minimum absolute atomic E-state index is 0.0530. The third-order valence-electron chi connectivity index (χ3n) is 6.16. The quantitative estimate of drug-likeness (QED) is 0.917. The van der Waals surface area contributed by atoms with Crippen LogP contribution in [0.2, 0.25) is 0 Å². The van der Waals surface area contributed by atoms with Crippen LogP contribution in [-0.4, -0.2) is 59.5 Å². The van der Waals surface area contributed by atoms with Gasteiger partial charge < -0.3 is 14.9 Å². The first-order valence-corrected chi connectivity index (χ1v) is 8.93. The Bertz CT molecular complexity index is 749. The summed E-state index contributed by atoms with van der Waals surface area (Å²) in [6.45, 7) is 5.27. The molecule has 0 bridgehead atoms. The van der Waals surface area contributed by atoms with Gasteiger partial charge in [-0.3, -0.25) is 0 Å². The molecule has 2 fully saturated rings. The van der Waals surface area contributed by atoms with Crippen molar-refractivity contribution < 1.29 is 5.11 Å². The number of likely N-dealkylation sites (tertiary alicyclic amines) is 1. The third kappa shape index (κ3) is 2.38. The number of aliphatic hydroxyl groups is 1. The van der Waals surface area contributed by atoms with Crippen molar-refractivity contribution >= 4 is 16.6 Å². The average molecular weight is 326 g/mol. The van der Waals surface area contributed by atoms with Crippen molar-refractivity contribution in [2.75, 3.05) is 38.2 Å². The molecule has 0 radical (unpaired) electrons. The average Bonchev–Trinajstić information content (AvgIpc) is 2.62. The molecule has 1 N–H and O–H groups in total. The lowest BCUT2D eigenvalue weighted by molar-refractivity contribution is -0.0277. The van der Waals surface area contributed by atoms with Gasteiger partial charge in [0.05, 0.1) is 12.3 Å². The highest BCUT2D eigenvalue weighted by molar-refractivity contribution is 5.93. The van der Waals surface area contributed by atoms with Crippen LogP contribution >= 0.6 is 0 Å². The zero-order valence-electron chi connectivity index (χ0n) is 14.6. The van der Waals surface area contributed by atoms with Crippen LogP contribution in [-0.2, 0) is 0 Å². The van der Waals surface area contributed by atoms with Crippen LogP contribution in [0.3, 0.4) is 0 Å². The van der Waals surface area contributed by atoms with Crippen LogP contribution in [0.15, 0.2) is 24.3 Å². The Morgan fingerprint density at radius 2 is 1.96 bits per heavy atom. The van der Waals surface area contributed by atoms with Crippen LogP contribution in [0.5, 0.6) is 0 Å². The molecule has 2 aromatic rings. The standard InChI is InChI=1S/C19H26N4O/c1-14-15-6-3-4-7-16(15)18(21-20-14)23-11-9-19(13-24)8-5-10-22(2)17(19)12-23/h3-4,6-7,17,24H,5,8-13H2,1-2H3/t17-,19-/m1/s1. The van der Waals surface area contributed by atoms with Gasteiger partial charge >= 0.3 is 0 Å². The Balaban J connectivity index is 1.71. The number of rotatable bonds is 2. The number of benzene rings is 1. The lowest BCUT2D eigenvalue weighted by Crippen LogP contribution is -2.61. The van der Waals surface area contributed by atoms with Crippen LogP contribution in [0.4, 0.5) is 5.82 Å². The van der Waals surface area contributed by atoms with Gasteiger partial charge in [0, 0.05) is 35.3 Å². The molecule has 128 valence electrons. The van der Waals surface area contributed by atoms with Gasteiger partial charge in [-0.1, -0.05) is 24.3 Å². The number of aliphatic hydroxyl groups excluding tert-OH is 1. The Labute approximate surface area is 143 Å². The van der Waals surface area contributed by atoms with Crippen molar-refractivity contribution in [2.24, 2.45) is 5.41 Å². The predicted molar refractivity (Wildman–Crippen MR) is 96.3 cm³/mol. The second-order valence-corrected chi connectivity index (χ2v) is 7.47. The summed E-state index contributed by atoms with van der Waals surface area (Å²) >= 11 is 0. The molecule has 0 amide bonds. The van der Waals surface area contributed by atoms with Crippen molar-refractivity contribution in [3.05, 3.63) is 30.0 Å². The lowest BCUT2D eigenvalue weighted by Gasteiger charge is -2.53. The summed E-state index contributed by atoms with van der Waals surface area (Å²) in [7, 11) is 2.19. The van der Waals surface area contributed by atoms with E-state index in [9.17, 15) is 5.11 Å². The van der Waals surface area contributed by atoms with Crippen LogP contribution in [0.25, 0.3) is 10.8 Å². The molecular weight excluding hydrogens is 300 g/mol. The Kier molecular flexibility index (Phi) is 3.93. The normalized spacial score (nSPS) is 28.1. The van der Waals surface area contributed by atoms with Crippen LogP contribution in [0, 0.1) is 12.3 Å². The number of fused-ring (bicyclic) bond motifs is 2. The van der Waals surface area contributed by atoms with Gasteiger partial charge in [-0.25, -0.2) is 0 Å². The highest BCUT2D eigenvalue weighted by Crippen LogP contribution is 2.42. The zero-order valence-corrected chi connectivity index (χ0v) is 14.6. The molecule has 0 unspecified atom stereocenters. The lowest BCUT2D eigenvalue weighted by atomic mass is 9.69. The fourth-order valence-corrected chi connectivity index (χ4v) is 4.67. The molecule has 5 nitrogen and oxygen atoms in total. The fourth-order valence-electron chi connectivity index (χ4n) is 4.67. The number of piperidine rings is 2. The van der Waals surface area contributed by atoms with E-state index in [2.05, 4.69) is 51.3 Å². The summed E-state index contributed by atoms with van der Waals surface area (Å²) in [5, 5.41) is 21.4. The molecule has 2 atom stereocenters. The van der Waals surface area contributed by atoms with Gasteiger partial charge in [0.1, 0.15) is 0 Å². The molecule has 2 aliphatic heterocycles.